The molecule has 0 unspecified atom stereocenters. The number of methoxy groups -OCH3 is 1. The summed E-state index contributed by atoms with van der Waals surface area (Å²) in [5.41, 5.74) is 0.893. The smallest absolute Gasteiger partial charge is 0.331 e. The Labute approximate surface area is 112 Å². The summed E-state index contributed by atoms with van der Waals surface area (Å²) in [6.45, 7) is 0.530. The summed E-state index contributed by atoms with van der Waals surface area (Å²) in [5, 5.41) is 2.55. The van der Waals surface area contributed by atoms with Crippen LogP contribution >= 0.6 is 0 Å². The molecule has 0 heterocycles. The average Bonchev–Trinajstić information content (AvgIpc) is 2.44. The fourth-order valence-electron chi connectivity index (χ4n) is 1.26. The number of carbonyl (C=O) groups excluding carboxylic acids is 2. The third-order valence-electron chi connectivity index (χ3n) is 2.19. The molecule has 0 aliphatic heterocycles. The third-order valence-corrected chi connectivity index (χ3v) is 2.19. The van der Waals surface area contributed by atoms with E-state index in [4.69, 9.17) is 9.47 Å². The lowest BCUT2D eigenvalue weighted by molar-refractivity contribution is -0.143. The van der Waals surface area contributed by atoms with Crippen LogP contribution in [0.1, 0.15) is 5.56 Å². The van der Waals surface area contributed by atoms with E-state index in [0.717, 1.165) is 5.56 Å². The molecule has 0 radical (unpaired) electrons. The highest BCUT2D eigenvalue weighted by atomic mass is 16.5. The third kappa shape index (κ3) is 7.00. The monoisotopic (exact) mass is 263 g/mol. The Morgan fingerprint density at radius 1 is 1.26 bits per heavy atom. The Morgan fingerprint density at radius 3 is 2.68 bits per heavy atom. The maximum Gasteiger partial charge on any atom is 0.331 e. The Kier molecular flexibility index (Phi) is 6.97. The van der Waals surface area contributed by atoms with Gasteiger partial charge in [0.2, 0.25) is 0 Å². The summed E-state index contributed by atoms with van der Waals surface area (Å²) in [6, 6.07) is 9.35. The molecule has 0 atom stereocenters. The van der Waals surface area contributed by atoms with Crippen molar-refractivity contribution >= 4 is 18.0 Å². The van der Waals surface area contributed by atoms with Gasteiger partial charge in [-0.1, -0.05) is 30.3 Å². The second kappa shape index (κ2) is 8.88. The van der Waals surface area contributed by atoms with E-state index in [9.17, 15) is 9.59 Å². The van der Waals surface area contributed by atoms with Gasteiger partial charge < -0.3 is 14.8 Å². The van der Waals surface area contributed by atoms with E-state index in [2.05, 4.69) is 5.32 Å². The van der Waals surface area contributed by atoms with Crippen molar-refractivity contribution in [2.24, 2.45) is 0 Å². The maximum absolute atomic E-state index is 11.3. The molecule has 0 spiro atoms. The number of rotatable bonds is 7. The van der Waals surface area contributed by atoms with Crippen LogP contribution in [0.3, 0.4) is 0 Å². The van der Waals surface area contributed by atoms with Crippen molar-refractivity contribution in [2.75, 3.05) is 26.9 Å². The quantitative estimate of drug-likeness (QED) is 0.453. The van der Waals surface area contributed by atoms with E-state index in [-0.39, 0.29) is 12.5 Å². The van der Waals surface area contributed by atoms with Crippen LogP contribution in [0.5, 0.6) is 0 Å². The van der Waals surface area contributed by atoms with Crippen molar-refractivity contribution in [3.8, 4) is 0 Å². The van der Waals surface area contributed by atoms with Gasteiger partial charge in [-0.25, -0.2) is 4.79 Å². The van der Waals surface area contributed by atoms with Crippen molar-refractivity contribution in [3.05, 3.63) is 42.0 Å². The molecule has 1 amide bonds. The van der Waals surface area contributed by atoms with Crippen LogP contribution in [-0.4, -0.2) is 38.7 Å². The summed E-state index contributed by atoms with van der Waals surface area (Å²) in [5.74, 6) is -0.899. The van der Waals surface area contributed by atoms with Gasteiger partial charge in [-0.05, 0) is 11.6 Å². The van der Waals surface area contributed by atoms with E-state index < -0.39 is 5.97 Å². The number of esters is 1. The van der Waals surface area contributed by atoms with Crippen LogP contribution in [-0.2, 0) is 19.1 Å². The summed E-state index contributed by atoms with van der Waals surface area (Å²) in [7, 11) is 1.54. The van der Waals surface area contributed by atoms with Crippen LogP contribution in [0.25, 0.3) is 6.08 Å². The molecule has 19 heavy (non-hydrogen) atoms. The van der Waals surface area contributed by atoms with Crippen LogP contribution < -0.4 is 5.32 Å². The Balaban J connectivity index is 2.24. The fraction of sp³-hybridized carbons (Fsp3) is 0.286. The fourth-order valence-corrected chi connectivity index (χ4v) is 1.26. The van der Waals surface area contributed by atoms with Crippen molar-refractivity contribution in [3.63, 3.8) is 0 Å². The molecule has 5 nitrogen and oxygen atoms in total. The summed E-state index contributed by atoms with van der Waals surface area (Å²) < 4.78 is 9.55. The molecule has 0 fully saturated rings. The Morgan fingerprint density at radius 2 is 2.00 bits per heavy atom. The highest BCUT2D eigenvalue weighted by Gasteiger charge is 2.03. The number of benzene rings is 1. The summed E-state index contributed by atoms with van der Waals surface area (Å²) in [6.07, 6.45) is 2.92. The number of carbonyl (C=O) groups is 2. The van der Waals surface area contributed by atoms with Crippen LogP contribution in [0.2, 0.25) is 0 Å². The number of amides is 1. The molecular weight excluding hydrogens is 246 g/mol. The lowest BCUT2D eigenvalue weighted by Crippen LogP contribution is -2.31. The first-order chi connectivity index (χ1) is 9.22. The number of hydrogen-bond donors (Lipinski definition) is 1. The molecule has 102 valence electrons. The van der Waals surface area contributed by atoms with E-state index in [0.29, 0.717) is 13.2 Å². The zero-order valence-electron chi connectivity index (χ0n) is 10.8. The molecule has 0 aromatic heterocycles. The van der Waals surface area contributed by atoms with E-state index >= 15 is 0 Å². The zero-order valence-corrected chi connectivity index (χ0v) is 10.8. The van der Waals surface area contributed by atoms with Crippen molar-refractivity contribution < 1.29 is 19.1 Å². The molecule has 0 saturated carbocycles. The summed E-state index contributed by atoms with van der Waals surface area (Å²) >= 11 is 0. The molecule has 0 aliphatic rings. The lowest BCUT2D eigenvalue weighted by atomic mass is 10.2. The standard InChI is InChI=1S/C14H17NO4/c1-18-10-9-15-13(16)11-19-14(17)8-7-12-5-3-2-4-6-12/h2-8H,9-11H2,1H3,(H,15,16)/b8-7+. The minimum atomic E-state index is -0.550. The summed E-state index contributed by atoms with van der Waals surface area (Å²) in [4.78, 5) is 22.6. The van der Waals surface area contributed by atoms with Crippen LogP contribution in [0.4, 0.5) is 0 Å². The van der Waals surface area contributed by atoms with Crippen molar-refractivity contribution in [1.82, 2.24) is 5.32 Å². The minimum Gasteiger partial charge on any atom is -0.452 e. The van der Waals surface area contributed by atoms with Gasteiger partial charge in [-0.15, -0.1) is 0 Å². The molecule has 1 aromatic carbocycles. The van der Waals surface area contributed by atoms with Gasteiger partial charge in [0.25, 0.3) is 5.91 Å². The number of ether oxygens (including phenoxy) is 2. The molecular formula is C14H17NO4. The molecule has 1 aromatic rings. The molecule has 5 heteroatoms. The van der Waals surface area contributed by atoms with E-state index in [1.54, 1.807) is 13.2 Å². The molecule has 1 rings (SSSR count). The molecule has 0 saturated heterocycles. The predicted octanol–water partition coefficient (Wildman–Crippen LogP) is 1.01. The second-order valence-electron chi connectivity index (χ2n) is 3.69. The van der Waals surface area contributed by atoms with Gasteiger partial charge in [0.15, 0.2) is 6.61 Å². The Hall–Kier alpha value is -2.14. The van der Waals surface area contributed by atoms with Gasteiger partial charge in [0.05, 0.1) is 6.61 Å². The number of hydrogen-bond acceptors (Lipinski definition) is 4. The van der Waals surface area contributed by atoms with Crippen LogP contribution in [0, 0.1) is 0 Å². The number of nitrogens with one attached hydrogen (secondary N) is 1. The second-order valence-corrected chi connectivity index (χ2v) is 3.69. The first-order valence-corrected chi connectivity index (χ1v) is 5.88. The largest absolute Gasteiger partial charge is 0.452 e. The molecule has 1 N–H and O–H groups in total. The Bertz CT molecular complexity index is 428. The van der Waals surface area contributed by atoms with Gasteiger partial charge in [0, 0.05) is 19.7 Å². The maximum atomic E-state index is 11.3. The SMILES string of the molecule is COCCNC(=O)COC(=O)/C=C/c1ccccc1. The molecule has 0 aliphatic carbocycles. The van der Waals surface area contributed by atoms with Gasteiger partial charge in [-0.3, -0.25) is 4.79 Å². The van der Waals surface area contributed by atoms with Gasteiger partial charge in [-0.2, -0.15) is 0 Å². The highest BCUT2D eigenvalue weighted by molar-refractivity contribution is 5.89. The molecule has 0 bridgehead atoms. The predicted molar refractivity (Wildman–Crippen MR) is 71.3 cm³/mol. The topological polar surface area (TPSA) is 64.6 Å². The minimum absolute atomic E-state index is 0.290. The lowest BCUT2D eigenvalue weighted by Gasteiger charge is -2.04. The van der Waals surface area contributed by atoms with E-state index in [1.165, 1.54) is 6.08 Å². The van der Waals surface area contributed by atoms with Crippen LogP contribution in [0.15, 0.2) is 36.4 Å². The van der Waals surface area contributed by atoms with Gasteiger partial charge >= 0.3 is 5.97 Å². The average molecular weight is 263 g/mol. The zero-order chi connectivity index (χ0) is 13.9. The first-order valence-electron chi connectivity index (χ1n) is 5.88. The van der Waals surface area contributed by atoms with Crippen molar-refractivity contribution in [2.45, 2.75) is 0 Å². The van der Waals surface area contributed by atoms with Gasteiger partial charge in [0.1, 0.15) is 0 Å². The normalized spacial score (nSPS) is 10.4. The first kappa shape index (κ1) is 14.9. The van der Waals surface area contributed by atoms with E-state index in [1.807, 2.05) is 30.3 Å². The van der Waals surface area contributed by atoms with Crippen molar-refractivity contribution in [1.29, 1.82) is 0 Å². The highest BCUT2D eigenvalue weighted by Crippen LogP contribution is 2.00.